The van der Waals surface area contributed by atoms with Crippen molar-refractivity contribution in [2.45, 2.75) is 45.5 Å². The van der Waals surface area contributed by atoms with Gasteiger partial charge in [0, 0.05) is 30.9 Å². The molecule has 1 N–H and O–H groups in total. The van der Waals surface area contributed by atoms with Gasteiger partial charge in [-0.05, 0) is 25.7 Å². The van der Waals surface area contributed by atoms with Crippen LogP contribution in [0.1, 0.15) is 33.6 Å². The highest BCUT2D eigenvalue weighted by Crippen LogP contribution is 2.04. The lowest BCUT2D eigenvalue weighted by Crippen LogP contribution is -2.26. The lowest BCUT2D eigenvalue weighted by atomic mass is 10.2. The number of nitrogens with zero attached hydrogens (tertiary/aromatic N) is 2. The van der Waals surface area contributed by atoms with Crippen LogP contribution < -0.4 is 10.9 Å². The zero-order valence-corrected chi connectivity index (χ0v) is 12.1. The zero-order chi connectivity index (χ0) is 13.5. The molecule has 0 spiro atoms. The Labute approximate surface area is 113 Å². The smallest absolute Gasteiger partial charge is 0.293 e. The summed E-state index contributed by atoms with van der Waals surface area (Å²) >= 11 is 5.86. The van der Waals surface area contributed by atoms with Crippen molar-refractivity contribution < 1.29 is 0 Å². The highest BCUT2D eigenvalue weighted by Gasteiger charge is 2.05. The molecule has 0 saturated heterocycles. The van der Waals surface area contributed by atoms with Gasteiger partial charge in [-0.15, -0.1) is 11.6 Å². The molecule has 0 bridgehead atoms. The molecule has 0 saturated carbocycles. The fourth-order valence-electron chi connectivity index (χ4n) is 1.70. The predicted octanol–water partition coefficient (Wildman–Crippen LogP) is 2.72. The second kappa shape index (κ2) is 7.41. The molecule has 0 aliphatic heterocycles. The molecule has 1 aromatic rings. The molecule has 1 aromatic heterocycles. The Kier molecular flexibility index (Phi) is 6.19. The van der Waals surface area contributed by atoms with Gasteiger partial charge in [0.1, 0.15) is 0 Å². The van der Waals surface area contributed by atoms with Gasteiger partial charge in [-0.2, -0.15) is 0 Å². The van der Waals surface area contributed by atoms with E-state index < -0.39 is 0 Å². The van der Waals surface area contributed by atoms with Gasteiger partial charge in [0.05, 0.1) is 0 Å². The van der Waals surface area contributed by atoms with Crippen molar-refractivity contribution >= 4 is 17.4 Å². The Morgan fingerprint density at radius 1 is 1.44 bits per heavy atom. The number of anilines is 1. The lowest BCUT2D eigenvalue weighted by Gasteiger charge is -2.11. The molecule has 0 aliphatic rings. The molecule has 0 fully saturated rings. The van der Waals surface area contributed by atoms with Gasteiger partial charge in [0.2, 0.25) is 0 Å². The van der Waals surface area contributed by atoms with Crippen LogP contribution in [0.3, 0.4) is 0 Å². The van der Waals surface area contributed by atoms with Crippen molar-refractivity contribution in [1.29, 1.82) is 0 Å². The minimum absolute atomic E-state index is 0.0508. The summed E-state index contributed by atoms with van der Waals surface area (Å²) in [5.74, 6) is 0.871. The topological polar surface area (TPSA) is 46.9 Å². The van der Waals surface area contributed by atoms with Crippen LogP contribution in [0.15, 0.2) is 17.2 Å². The predicted molar refractivity (Wildman–Crippen MR) is 76.4 cm³/mol. The Bertz CT molecular complexity index is 415. The third-order valence-electron chi connectivity index (χ3n) is 2.55. The first-order valence-electron chi connectivity index (χ1n) is 6.44. The molecule has 5 heteroatoms. The average molecular weight is 272 g/mol. The number of rotatable bonds is 7. The molecule has 102 valence electrons. The highest BCUT2D eigenvalue weighted by atomic mass is 35.5. The van der Waals surface area contributed by atoms with Crippen LogP contribution in [0.5, 0.6) is 0 Å². The maximum Gasteiger partial charge on any atom is 0.293 e. The summed E-state index contributed by atoms with van der Waals surface area (Å²) in [7, 11) is 0. The molecule has 4 nitrogen and oxygen atoms in total. The minimum Gasteiger partial charge on any atom is -0.365 e. The largest absolute Gasteiger partial charge is 0.365 e. The number of hydrogen-bond donors (Lipinski definition) is 1. The molecule has 1 atom stereocenters. The average Bonchev–Trinajstić information content (AvgIpc) is 2.28. The second-order valence-electron chi connectivity index (χ2n) is 4.98. The summed E-state index contributed by atoms with van der Waals surface area (Å²) in [5, 5.41) is 3.25. The standard InChI is InChI=1S/C13H22ClN3O/c1-10(2)9-17-8-7-16-12(13(17)18)15-6-4-5-11(3)14/h7-8,10-11H,4-6,9H2,1-3H3,(H,15,16). The SMILES string of the molecule is CC(C)Cn1ccnc(NCCCC(C)Cl)c1=O. The number of halogens is 1. The number of aromatic nitrogens is 2. The molecular weight excluding hydrogens is 250 g/mol. The molecule has 1 rings (SSSR count). The summed E-state index contributed by atoms with van der Waals surface area (Å²) in [5.41, 5.74) is -0.0508. The van der Waals surface area contributed by atoms with Crippen LogP contribution >= 0.6 is 11.6 Å². The van der Waals surface area contributed by atoms with Crippen LogP contribution in [0.2, 0.25) is 0 Å². The van der Waals surface area contributed by atoms with Crippen LogP contribution in [-0.4, -0.2) is 21.5 Å². The monoisotopic (exact) mass is 271 g/mol. The van der Waals surface area contributed by atoms with E-state index in [1.54, 1.807) is 17.0 Å². The normalized spacial score (nSPS) is 12.7. The maximum absolute atomic E-state index is 12.0. The maximum atomic E-state index is 12.0. The van der Waals surface area contributed by atoms with Gasteiger partial charge in [-0.25, -0.2) is 4.98 Å². The van der Waals surface area contributed by atoms with Gasteiger partial charge in [-0.1, -0.05) is 13.8 Å². The van der Waals surface area contributed by atoms with Crippen molar-refractivity contribution in [2.24, 2.45) is 5.92 Å². The fourth-order valence-corrected chi connectivity index (χ4v) is 1.85. The molecule has 1 heterocycles. The van der Waals surface area contributed by atoms with E-state index in [9.17, 15) is 4.79 Å². The summed E-state index contributed by atoms with van der Waals surface area (Å²) in [6, 6.07) is 0. The molecule has 18 heavy (non-hydrogen) atoms. The van der Waals surface area contributed by atoms with Crippen molar-refractivity contribution in [3.8, 4) is 0 Å². The molecule has 1 unspecified atom stereocenters. The van der Waals surface area contributed by atoms with Gasteiger partial charge < -0.3 is 9.88 Å². The van der Waals surface area contributed by atoms with Crippen LogP contribution in [0.4, 0.5) is 5.82 Å². The van der Waals surface area contributed by atoms with Crippen molar-refractivity contribution in [1.82, 2.24) is 9.55 Å². The first-order chi connectivity index (χ1) is 8.50. The Morgan fingerprint density at radius 3 is 2.78 bits per heavy atom. The summed E-state index contributed by atoms with van der Waals surface area (Å²) in [6.07, 6.45) is 5.26. The Hall–Kier alpha value is -1.03. The minimum atomic E-state index is -0.0508. The van der Waals surface area contributed by atoms with Gasteiger partial charge >= 0.3 is 0 Å². The lowest BCUT2D eigenvalue weighted by molar-refractivity contribution is 0.509. The number of alkyl halides is 1. The van der Waals surface area contributed by atoms with E-state index in [4.69, 9.17) is 11.6 Å². The van der Waals surface area contributed by atoms with Crippen LogP contribution in [-0.2, 0) is 6.54 Å². The zero-order valence-electron chi connectivity index (χ0n) is 11.3. The van der Waals surface area contributed by atoms with E-state index in [0.29, 0.717) is 11.7 Å². The van der Waals surface area contributed by atoms with E-state index >= 15 is 0 Å². The Balaban J connectivity index is 2.58. The second-order valence-corrected chi connectivity index (χ2v) is 5.72. The van der Waals surface area contributed by atoms with Gasteiger partial charge in [0.25, 0.3) is 5.56 Å². The van der Waals surface area contributed by atoms with Gasteiger partial charge in [0.15, 0.2) is 5.82 Å². The van der Waals surface area contributed by atoms with E-state index in [0.717, 1.165) is 25.9 Å². The fraction of sp³-hybridized carbons (Fsp3) is 0.692. The number of hydrogen-bond acceptors (Lipinski definition) is 3. The van der Waals surface area contributed by atoms with Gasteiger partial charge in [-0.3, -0.25) is 4.79 Å². The van der Waals surface area contributed by atoms with Crippen molar-refractivity contribution in [2.75, 3.05) is 11.9 Å². The Morgan fingerprint density at radius 2 is 2.17 bits per heavy atom. The summed E-state index contributed by atoms with van der Waals surface area (Å²) < 4.78 is 1.70. The first kappa shape index (κ1) is 15.0. The molecule has 0 radical (unpaired) electrons. The molecule has 0 aliphatic carbocycles. The quantitative estimate of drug-likeness (QED) is 0.613. The highest BCUT2D eigenvalue weighted by molar-refractivity contribution is 6.20. The van der Waals surface area contributed by atoms with E-state index in [-0.39, 0.29) is 10.9 Å². The van der Waals surface area contributed by atoms with Crippen LogP contribution in [0.25, 0.3) is 0 Å². The first-order valence-corrected chi connectivity index (χ1v) is 6.87. The third kappa shape index (κ3) is 5.08. The van der Waals surface area contributed by atoms with E-state index in [1.165, 1.54) is 0 Å². The van der Waals surface area contributed by atoms with Crippen LogP contribution in [0, 0.1) is 5.92 Å². The van der Waals surface area contributed by atoms with E-state index in [2.05, 4.69) is 24.1 Å². The van der Waals surface area contributed by atoms with E-state index in [1.807, 2.05) is 6.92 Å². The summed E-state index contributed by atoms with van der Waals surface area (Å²) in [6.45, 7) is 7.58. The molecular formula is C13H22ClN3O. The van der Waals surface area contributed by atoms with Crippen molar-refractivity contribution in [3.05, 3.63) is 22.7 Å². The number of nitrogens with one attached hydrogen (secondary N) is 1. The van der Waals surface area contributed by atoms with Crippen molar-refractivity contribution in [3.63, 3.8) is 0 Å². The third-order valence-corrected chi connectivity index (χ3v) is 2.76. The summed E-state index contributed by atoms with van der Waals surface area (Å²) in [4.78, 5) is 16.1. The molecule has 0 aromatic carbocycles. The molecule has 0 amide bonds.